The fourth-order valence-electron chi connectivity index (χ4n) is 1.13. The zero-order chi connectivity index (χ0) is 11.0. The Hall–Kier alpha value is -0.370. The molecule has 0 N–H and O–H groups in total. The molecular formula is C11H18ClFO. The minimum atomic E-state index is -0.722. The van der Waals surface area contributed by atoms with E-state index in [4.69, 9.17) is 11.6 Å². The number of allylic oxidation sites excluding steroid dienone is 2. The number of carbonyl (C=O) groups is 1. The summed E-state index contributed by atoms with van der Waals surface area (Å²) < 4.78 is 12.8. The molecule has 0 saturated heterocycles. The molecule has 0 amide bonds. The molecule has 1 atom stereocenters. The monoisotopic (exact) mass is 220 g/mol. The largest absolute Gasteiger partial charge is 0.292 e. The van der Waals surface area contributed by atoms with Crippen molar-refractivity contribution >= 4 is 17.4 Å². The van der Waals surface area contributed by atoms with Gasteiger partial charge in [0.05, 0.1) is 5.38 Å². The van der Waals surface area contributed by atoms with Crippen molar-refractivity contribution in [2.45, 2.75) is 51.3 Å². The van der Waals surface area contributed by atoms with Crippen LogP contribution in [0.2, 0.25) is 0 Å². The molecule has 0 aromatic heterocycles. The number of ketones is 1. The molecule has 0 rings (SSSR count). The van der Waals surface area contributed by atoms with Crippen LogP contribution in [0, 0.1) is 0 Å². The Morgan fingerprint density at radius 2 is 2.07 bits per heavy atom. The number of alkyl halides is 1. The lowest BCUT2D eigenvalue weighted by Crippen LogP contribution is -1.98. The maximum Gasteiger partial charge on any atom is 0.187 e. The second-order valence-electron chi connectivity index (χ2n) is 3.44. The quantitative estimate of drug-likeness (QED) is 0.360. The predicted octanol–water partition coefficient (Wildman–Crippen LogP) is 4.01. The van der Waals surface area contributed by atoms with Gasteiger partial charge in [-0.15, -0.1) is 11.6 Å². The van der Waals surface area contributed by atoms with Crippen molar-refractivity contribution in [3.8, 4) is 0 Å². The lowest BCUT2D eigenvalue weighted by atomic mass is 10.1. The summed E-state index contributed by atoms with van der Waals surface area (Å²) in [6, 6.07) is 0. The van der Waals surface area contributed by atoms with Gasteiger partial charge >= 0.3 is 0 Å². The smallest absolute Gasteiger partial charge is 0.187 e. The summed E-state index contributed by atoms with van der Waals surface area (Å²) in [5.74, 6) is -1.27. The van der Waals surface area contributed by atoms with Crippen LogP contribution in [0.25, 0.3) is 0 Å². The van der Waals surface area contributed by atoms with Crippen LogP contribution < -0.4 is 0 Å². The first kappa shape index (κ1) is 13.6. The van der Waals surface area contributed by atoms with Gasteiger partial charge in [-0.05, 0) is 12.5 Å². The third-order valence-electron chi connectivity index (χ3n) is 2.00. The van der Waals surface area contributed by atoms with Crippen LogP contribution in [-0.4, -0.2) is 11.2 Å². The molecule has 0 aliphatic heterocycles. The molecule has 3 heteroatoms. The Balaban J connectivity index is 3.69. The first-order valence-electron chi connectivity index (χ1n) is 5.10. The fraction of sp³-hybridized carbons (Fsp3) is 0.727. The predicted molar refractivity (Wildman–Crippen MR) is 58.3 cm³/mol. The molecule has 0 heterocycles. The van der Waals surface area contributed by atoms with Crippen molar-refractivity contribution in [2.75, 3.05) is 0 Å². The van der Waals surface area contributed by atoms with Crippen molar-refractivity contribution in [3.05, 3.63) is 11.9 Å². The van der Waals surface area contributed by atoms with E-state index in [0.29, 0.717) is 0 Å². The van der Waals surface area contributed by atoms with E-state index < -0.39 is 11.6 Å². The number of hydrogen-bond donors (Lipinski definition) is 0. The van der Waals surface area contributed by atoms with E-state index in [0.717, 1.165) is 19.3 Å². The van der Waals surface area contributed by atoms with Crippen LogP contribution in [0.5, 0.6) is 0 Å². The highest BCUT2D eigenvalue weighted by Gasteiger charge is 2.06. The van der Waals surface area contributed by atoms with E-state index in [1.807, 2.05) is 0 Å². The molecule has 82 valence electrons. The summed E-state index contributed by atoms with van der Waals surface area (Å²) in [6.07, 6.45) is 6.41. The molecule has 0 bridgehead atoms. The van der Waals surface area contributed by atoms with E-state index in [2.05, 4.69) is 6.92 Å². The Morgan fingerprint density at radius 3 is 2.57 bits per heavy atom. The van der Waals surface area contributed by atoms with Gasteiger partial charge in [0.25, 0.3) is 0 Å². The molecule has 0 fully saturated rings. The van der Waals surface area contributed by atoms with Gasteiger partial charge in [0, 0.05) is 6.92 Å². The van der Waals surface area contributed by atoms with E-state index in [1.165, 1.54) is 25.8 Å². The third kappa shape index (κ3) is 7.07. The number of unbranched alkanes of at least 4 members (excludes halogenated alkanes) is 3. The van der Waals surface area contributed by atoms with E-state index in [9.17, 15) is 9.18 Å². The SMILES string of the molecule is CCCCCCC(Cl)/C=C(\F)C(C)=O. The minimum Gasteiger partial charge on any atom is -0.292 e. The van der Waals surface area contributed by atoms with E-state index in [1.54, 1.807) is 0 Å². The maximum absolute atomic E-state index is 12.8. The summed E-state index contributed by atoms with van der Waals surface area (Å²) in [7, 11) is 0. The van der Waals surface area contributed by atoms with Crippen LogP contribution >= 0.6 is 11.6 Å². The second kappa shape index (κ2) is 7.98. The molecule has 1 nitrogen and oxygen atoms in total. The van der Waals surface area contributed by atoms with Crippen molar-refractivity contribution in [2.24, 2.45) is 0 Å². The van der Waals surface area contributed by atoms with Crippen molar-refractivity contribution in [3.63, 3.8) is 0 Å². The number of rotatable bonds is 7. The van der Waals surface area contributed by atoms with Crippen LogP contribution in [0.3, 0.4) is 0 Å². The normalized spacial score (nSPS) is 14.1. The average Bonchev–Trinajstić information content (AvgIpc) is 2.12. The van der Waals surface area contributed by atoms with Gasteiger partial charge in [-0.1, -0.05) is 32.6 Å². The summed E-state index contributed by atoms with van der Waals surface area (Å²) in [5, 5.41) is -0.351. The second-order valence-corrected chi connectivity index (χ2v) is 4.00. The van der Waals surface area contributed by atoms with Gasteiger partial charge in [-0.2, -0.15) is 0 Å². The lowest BCUT2D eigenvalue weighted by Gasteiger charge is -2.03. The zero-order valence-electron chi connectivity index (χ0n) is 8.85. The Kier molecular flexibility index (Phi) is 7.77. The van der Waals surface area contributed by atoms with Crippen LogP contribution in [0.1, 0.15) is 46.0 Å². The van der Waals surface area contributed by atoms with Gasteiger partial charge in [0.15, 0.2) is 11.6 Å². The molecule has 0 aliphatic rings. The Morgan fingerprint density at radius 1 is 1.43 bits per heavy atom. The maximum atomic E-state index is 12.8. The highest BCUT2D eigenvalue weighted by Crippen LogP contribution is 2.14. The number of halogens is 2. The van der Waals surface area contributed by atoms with Crippen molar-refractivity contribution in [1.82, 2.24) is 0 Å². The molecule has 0 saturated carbocycles. The molecule has 1 unspecified atom stereocenters. The molecule has 0 spiro atoms. The first-order chi connectivity index (χ1) is 6.57. The van der Waals surface area contributed by atoms with E-state index in [-0.39, 0.29) is 5.38 Å². The fourth-order valence-corrected chi connectivity index (χ4v) is 1.39. The van der Waals surface area contributed by atoms with Gasteiger partial charge in [-0.3, -0.25) is 4.79 Å². The minimum absolute atomic E-state index is 0.351. The molecule has 0 radical (unpaired) electrons. The van der Waals surface area contributed by atoms with Gasteiger partial charge < -0.3 is 0 Å². The summed E-state index contributed by atoms with van der Waals surface area (Å²) in [6.45, 7) is 3.33. The summed E-state index contributed by atoms with van der Waals surface area (Å²) >= 11 is 5.83. The number of hydrogen-bond acceptors (Lipinski definition) is 1. The summed E-state index contributed by atoms with van der Waals surface area (Å²) in [5.41, 5.74) is 0. The Labute approximate surface area is 90.3 Å². The first-order valence-corrected chi connectivity index (χ1v) is 5.54. The lowest BCUT2D eigenvalue weighted by molar-refractivity contribution is -0.114. The van der Waals surface area contributed by atoms with Crippen LogP contribution in [0.15, 0.2) is 11.9 Å². The van der Waals surface area contributed by atoms with Crippen molar-refractivity contribution < 1.29 is 9.18 Å². The van der Waals surface area contributed by atoms with Gasteiger partial charge in [-0.25, -0.2) is 4.39 Å². The third-order valence-corrected chi connectivity index (χ3v) is 2.34. The van der Waals surface area contributed by atoms with Crippen LogP contribution in [-0.2, 0) is 4.79 Å². The summed E-state index contributed by atoms with van der Waals surface area (Å²) in [4.78, 5) is 10.6. The Bertz CT molecular complexity index is 201. The number of carbonyl (C=O) groups excluding carboxylic acids is 1. The molecule has 0 aromatic rings. The number of Topliss-reactive ketones (excluding diaryl/α,β-unsaturated/α-hetero) is 1. The van der Waals surface area contributed by atoms with Gasteiger partial charge in [0.1, 0.15) is 0 Å². The topological polar surface area (TPSA) is 17.1 Å². The zero-order valence-corrected chi connectivity index (χ0v) is 9.61. The molecule has 14 heavy (non-hydrogen) atoms. The van der Waals surface area contributed by atoms with Crippen LogP contribution in [0.4, 0.5) is 4.39 Å². The van der Waals surface area contributed by atoms with E-state index >= 15 is 0 Å². The molecule has 0 aliphatic carbocycles. The highest BCUT2D eigenvalue weighted by atomic mass is 35.5. The average molecular weight is 221 g/mol. The molecular weight excluding hydrogens is 203 g/mol. The molecule has 0 aromatic carbocycles. The van der Waals surface area contributed by atoms with Gasteiger partial charge in [0.2, 0.25) is 0 Å². The van der Waals surface area contributed by atoms with Crippen molar-refractivity contribution in [1.29, 1.82) is 0 Å². The highest BCUT2D eigenvalue weighted by molar-refractivity contribution is 6.22. The standard InChI is InChI=1S/C11H18ClFO/c1-3-4-5-6-7-10(12)8-11(13)9(2)14/h8,10H,3-7H2,1-2H3/b11-8-.